The van der Waals surface area contributed by atoms with Gasteiger partial charge in [-0.1, -0.05) is 30.3 Å². The minimum atomic E-state index is -0.991. The van der Waals surface area contributed by atoms with Gasteiger partial charge < -0.3 is 14.5 Å². The molecule has 6 nitrogen and oxygen atoms in total. The summed E-state index contributed by atoms with van der Waals surface area (Å²) in [5.41, 5.74) is 2.48. The summed E-state index contributed by atoms with van der Waals surface area (Å²) in [6, 6.07) is 13.0. The van der Waals surface area contributed by atoms with Crippen LogP contribution in [0.5, 0.6) is 11.6 Å². The van der Waals surface area contributed by atoms with E-state index in [0.717, 1.165) is 49.3 Å². The molecule has 0 radical (unpaired) electrons. The molecule has 0 saturated carbocycles. The fourth-order valence-corrected chi connectivity index (χ4v) is 4.26. The second-order valence-electron chi connectivity index (χ2n) is 8.35. The molecular weight excluding hydrogens is 426 g/mol. The van der Waals surface area contributed by atoms with Gasteiger partial charge in [-0.25, -0.2) is 13.8 Å². The highest BCUT2D eigenvalue weighted by molar-refractivity contribution is 5.79. The molecule has 0 bridgehead atoms. The number of hydrogen-bond acceptors (Lipinski definition) is 5. The number of fused-ring (bicyclic) bond motifs is 1. The van der Waals surface area contributed by atoms with Crippen molar-refractivity contribution < 1.29 is 18.3 Å². The summed E-state index contributed by atoms with van der Waals surface area (Å²) >= 11 is 0. The Morgan fingerprint density at radius 2 is 1.76 bits per heavy atom. The maximum atomic E-state index is 13.8. The normalized spacial score (nSPS) is 15.5. The summed E-state index contributed by atoms with van der Waals surface area (Å²) in [5, 5.41) is 0. The molecule has 0 spiro atoms. The average molecular weight is 450 g/mol. The molecule has 8 heteroatoms. The topological polar surface area (TPSA) is 58.6 Å². The van der Waals surface area contributed by atoms with E-state index in [0.29, 0.717) is 37.4 Å². The first-order chi connectivity index (χ1) is 16.1. The Bertz CT molecular complexity index is 1170. The lowest BCUT2D eigenvalue weighted by molar-refractivity contribution is -0.131. The van der Waals surface area contributed by atoms with Crippen LogP contribution in [0.25, 0.3) is 0 Å². The van der Waals surface area contributed by atoms with Gasteiger partial charge in [-0.2, -0.15) is 4.98 Å². The minimum absolute atomic E-state index is 0.00856. The highest BCUT2D eigenvalue weighted by Crippen LogP contribution is 2.32. The number of benzene rings is 2. The van der Waals surface area contributed by atoms with E-state index in [4.69, 9.17) is 9.72 Å². The first-order valence-electron chi connectivity index (χ1n) is 11.2. The van der Waals surface area contributed by atoms with Crippen LogP contribution in [0.2, 0.25) is 0 Å². The van der Waals surface area contributed by atoms with Crippen LogP contribution in [-0.4, -0.2) is 40.4 Å². The van der Waals surface area contributed by atoms with E-state index in [1.54, 1.807) is 4.90 Å². The molecule has 1 amide bonds. The Morgan fingerprint density at radius 1 is 0.970 bits per heavy atom. The van der Waals surface area contributed by atoms with Gasteiger partial charge in [0.05, 0.1) is 24.2 Å². The van der Waals surface area contributed by atoms with Crippen LogP contribution < -0.4 is 9.64 Å². The molecule has 2 aromatic carbocycles. The number of halogens is 2. The van der Waals surface area contributed by atoms with Gasteiger partial charge in [0, 0.05) is 32.1 Å². The average Bonchev–Trinajstić information content (AvgIpc) is 3.37. The molecule has 0 N–H and O–H groups in total. The molecule has 1 saturated heterocycles. The third kappa shape index (κ3) is 4.65. The van der Waals surface area contributed by atoms with Crippen molar-refractivity contribution in [2.45, 2.75) is 32.2 Å². The highest BCUT2D eigenvalue weighted by atomic mass is 19.2. The van der Waals surface area contributed by atoms with Crippen molar-refractivity contribution in [2.24, 2.45) is 0 Å². The van der Waals surface area contributed by atoms with Gasteiger partial charge in [-0.15, -0.1) is 0 Å². The minimum Gasteiger partial charge on any atom is -0.438 e. The molecular formula is C25H24F2N4O2. The van der Waals surface area contributed by atoms with Crippen LogP contribution >= 0.6 is 0 Å². The standard InChI is InChI=1S/C25H24F2N4O2/c26-20-9-8-18(15-21(20)27)33-24-19-16-31(23(32)14-17-6-2-1-3-7-17)13-10-22(19)28-25(29-24)30-11-4-5-12-30/h1-3,6-9,15H,4-5,10-14,16H2. The van der Waals surface area contributed by atoms with Crippen molar-refractivity contribution >= 4 is 11.9 Å². The first kappa shape index (κ1) is 21.3. The largest absolute Gasteiger partial charge is 0.438 e. The number of carbonyl (C=O) groups is 1. The van der Waals surface area contributed by atoms with Gasteiger partial charge in [-0.3, -0.25) is 4.79 Å². The maximum Gasteiger partial charge on any atom is 0.229 e. The molecule has 2 aliphatic rings. The lowest BCUT2D eigenvalue weighted by atomic mass is 10.0. The van der Waals surface area contributed by atoms with Gasteiger partial charge in [0.2, 0.25) is 17.7 Å². The van der Waals surface area contributed by atoms with Gasteiger partial charge >= 0.3 is 0 Å². The molecule has 1 fully saturated rings. The van der Waals surface area contributed by atoms with E-state index in [1.165, 1.54) is 6.07 Å². The van der Waals surface area contributed by atoms with Crippen molar-refractivity contribution in [3.63, 3.8) is 0 Å². The van der Waals surface area contributed by atoms with Crippen LogP contribution in [0, 0.1) is 11.6 Å². The van der Waals surface area contributed by atoms with E-state index < -0.39 is 11.6 Å². The number of nitrogens with zero attached hydrogens (tertiary/aromatic N) is 4. The van der Waals surface area contributed by atoms with E-state index in [-0.39, 0.29) is 17.5 Å². The molecule has 0 unspecified atom stereocenters. The monoisotopic (exact) mass is 450 g/mol. The first-order valence-corrected chi connectivity index (χ1v) is 11.2. The second-order valence-corrected chi connectivity index (χ2v) is 8.35. The molecule has 3 heterocycles. The zero-order valence-corrected chi connectivity index (χ0v) is 18.1. The third-order valence-electron chi connectivity index (χ3n) is 6.06. The van der Waals surface area contributed by atoms with E-state index >= 15 is 0 Å². The zero-order chi connectivity index (χ0) is 22.8. The summed E-state index contributed by atoms with van der Waals surface area (Å²) in [4.78, 5) is 26.2. The van der Waals surface area contributed by atoms with Crippen LogP contribution in [-0.2, 0) is 24.2 Å². The predicted octanol–water partition coefficient (Wildman–Crippen LogP) is 4.27. The van der Waals surface area contributed by atoms with Crippen molar-refractivity contribution in [2.75, 3.05) is 24.5 Å². The number of carbonyl (C=O) groups excluding carboxylic acids is 1. The van der Waals surface area contributed by atoms with Gasteiger partial charge in [0.1, 0.15) is 5.75 Å². The van der Waals surface area contributed by atoms with Crippen molar-refractivity contribution in [1.29, 1.82) is 0 Å². The fraction of sp³-hybridized carbons (Fsp3) is 0.320. The third-order valence-corrected chi connectivity index (χ3v) is 6.06. The summed E-state index contributed by atoms with van der Waals surface area (Å²) in [6.45, 7) is 2.59. The fourth-order valence-electron chi connectivity index (χ4n) is 4.26. The number of amides is 1. The molecule has 5 rings (SSSR count). The Balaban J connectivity index is 1.44. The number of ether oxygens (including phenoxy) is 1. The SMILES string of the molecule is O=C(Cc1ccccc1)N1CCc2nc(N3CCCC3)nc(Oc3ccc(F)c(F)c3)c2C1. The summed E-state index contributed by atoms with van der Waals surface area (Å²) < 4.78 is 33.1. The van der Waals surface area contributed by atoms with Crippen molar-refractivity contribution in [1.82, 2.24) is 14.9 Å². The number of anilines is 1. The lowest BCUT2D eigenvalue weighted by Crippen LogP contribution is -2.38. The molecule has 1 aromatic heterocycles. The van der Waals surface area contributed by atoms with Gasteiger partial charge in [0.25, 0.3) is 0 Å². The van der Waals surface area contributed by atoms with E-state index in [9.17, 15) is 13.6 Å². The maximum absolute atomic E-state index is 13.8. The van der Waals surface area contributed by atoms with Crippen LogP contribution in [0.4, 0.5) is 14.7 Å². The Kier molecular flexibility index (Phi) is 5.90. The Labute approximate surface area is 190 Å². The summed E-state index contributed by atoms with van der Waals surface area (Å²) in [7, 11) is 0. The van der Waals surface area contributed by atoms with Crippen LogP contribution in [0.3, 0.4) is 0 Å². The smallest absolute Gasteiger partial charge is 0.229 e. The lowest BCUT2D eigenvalue weighted by Gasteiger charge is -2.30. The summed E-state index contributed by atoms with van der Waals surface area (Å²) in [6.07, 6.45) is 3.03. The molecule has 0 aliphatic carbocycles. The quantitative estimate of drug-likeness (QED) is 0.581. The number of hydrogen-bond donors (Lipinski definition) is 0. The van der Waals surface area contributed by atoms with Gasteiger partial charge in [0.15, 0.2) is 11.6 Å². The Morgan fingerprint density at radius 3 is 2.52 bits per heavy atom. The molecule has 2 aliphatic heterocycles. The molecule has 3 aromatic rings. The predicted molar refractivity (Wildman–Crippen MR) is 119 cm³/mol. The molecule has 0 atom stereocenters. The highest BCUT2D eigenvalue weighted by Gasteiger charge is 2.28. The van der Waals surface area contributed by atoms with Crippen LogP contribution in [0.1, 0.15) is 29.7 Å². The Hall–Kier alpha value is -3.55. The van der Waals surface area contributed by atoms with E-state index in [2.05, 4.69) is 9.88 Å². The van der Waals surface area contributed by atoms with Crippen LogP contribution in [0.15, 0.2) is 48.5 Å². The summed E-state index contributed by atoms with van der Waals surface area (Å²) in [5.74, 6) is -0.917. The number of aromatic nitrogens is 2. The zero-order valence-electron chi connectivity index (χ0n) is 18.1. The van der Waals surface area contributed by atoms with Crippen molar-refractivity contribution in [3.8, 4) is 11.6 Å². The molecule has 170 valence electrons. The second kappa shape index (κ2) is 9.13. The number of rotatable bonds is 5. The molecule has 33 heavy (non-hydrogen) atoms. The van der Waals surface area contributed by atoms with Crippen molar-refractivity contribution in [3.05, 3.63) is 77.0 Å². The van der Waals surface area contributed by atoms with Gasteiger partial charge in [-0.05, 0) is 30.5 Å². The van der Waals surface area contributed by atoms with E-state index in [1.807, 2.05) is 30.3 Å².